The van der Waals surface area contributed by atoms with Crippen LogP contribution in [0.2, 0.25) is 0 Å². The summed E-state index contributed by atoms with van der Waals surface area (Å²) in [5.74, 6) is -4.35. The molecule has 1 aromatic carbocycles. The maximum atomic E-state index is 16.2. The first kappa shape index (κ1) is 35.7. The molecule has 2 bridgehead atoms. The Bertz CT molecular complexity index is 1510. The molecule has 0 radical (unpaired) electrons. The molecule has 2 amide bonds. The number of carbonyl (C=O) groups excluding carboxylic acids is 3. The highest BCUT2D eigenvalue weighted by atomic mass is 19.3. The lowest BCUT2D eigenvalue weighted by Crippen LogP contribution is -2.57. The average molecular weight is 673 g/mol. The summed E-state index contributed by atoms with van der Waals surface area (Å²) in [6.45, 7) is 10.8. The minimum atomic E-state index is -3.37. The van der Waals surface area contributed by atoms with Crippen LogP contribution in [-0.2, 0) is 20.2 Å². The Hall–Kier alpha value is -3.57. The number of hydrogen-bond acceptors (Lipinski definition) is 8. The number of nitrogens with zero attached hydrogens (tertiary/aromatic N) is 3. The van der Waals surface area contributed by atoms with E-state index in [1.54, 1.807) is 18.2 Å². The fourth-order valence-electron chi connectivity index (χ4n) is 7.82. The van der Waals surface area contributed by atoms with Crippen LogP contribution in [0, 0.1) is 23.2 Å². The summed E-state index contributed by atoms with van der Waals surface area (Å²) >= 11 is 0. The number of Topliss-reactive ketones (excluding diaryl/α,β-unsaturated/α-hetero) is 1. The molecule has 3 heterocycles. The second-order valence-corrected chi connectivity index (χ2v) is 14.9. The van der Waals surface area contributed by atoms with Crippen molar-refractivity contribution in [2.24, 2.45) is 23.2 Å². The molecular weight excluding hydrogens is 622 g/mol. The standard InChI is InChI=1S/C36H50F2N4O6/c1-8-24-27-19-42(28(24)21(3)43)33(44)31(35(4,5)6)41-34(45)48-29-20(2)12-11-14-22(29)13-9-10-17-36(37,38)30-32(47-27)40-26-18-23(46-7)15-16-25(26)39-30/h15-16,18,20,22,24,27-29,31H,8-14,17,19H2,1-7H3,(H,41,45)/t20-,22-,24-,27+,28-,29-,31-/m1/s1. The number of hydrogen-bond donors (Lipinski definition) is 1. The summed E-state index contributed by atoms with van der Waals surface area (Å²) in [5.41, 5.74) is -0.709. The summed E-state index contributed by atoms with van der Waals surface area (Å²) in [6.07, 6.45) is 2.07. The number of carbonyl (C=O) groups is 3. The Morgan fingerprint density at radius 3 is 2.48 bits per heavy atom. The van der Waals surface area contributed by atoms with Crippen LogP contribution in [0.15, 0.2) is 18.2 Å². The molecule has 264 valence electrons. The topological polar surface area (TPSA) is 120 Å². The second kappa shape index (κ2) is 14.1. The van der Waals surface area contributed by atoms with Gasteiger partial charge in [0.15, 0.2) is 11.5 Å². The molecule has 2 aromatic rings. The van der Waals surface area contributed by atoms with Crippen molar-refractivity contribution in [2.75, 3.05) is 13.7 Å². The maximum Gasteiger partial charge on any atom is 0.408 e. The summed E-state index contributed by atoms with van der Waals surface area (Å²) in [7, 11) is 1.50. The average Bonchev–Trinajstić information content (AvgIpc) is 3.39. The molecule has 1 aliphatic carbocycles. The maximum absolute atomic E-state index is 16.2. The summed E-state index contributed by atoms with van der Waals surface area (Å²) in [4.78, 5) is 51.4. The predicted octanol–water partition coefficient (Wildman–Crippen LogP) is 6.82. The lowest BCUT2D eigenvalue weighted by Gasteiger charge is -2.38. The first-order chi connectivity index (χ1) is 22.6. The molecule has 5 rings (SSSR count). The van der Waals surface area contributed by atoms with Gasteiger partial charge in [-0.1, -0.05) is 47.5 Å². The smallest absolute Gasteiger partial charge is 0.408 e. The first-order valence-electron chi connectivity index (χ1n) is 17.3. The van der Waals surface area contributed by atoms with Crippen LogP contribution in [0.1, 0.15) is 98.6 Å². The van der Waals surface area contributed by atoms with Crippen molar-refractivity contribution in [3.8, 4) is 11.6 Å². The molecule has 1 N–H and O–H groups in total. The van der Waals surface area contributed by atoms with E-state index in [0.29, 0.717) is 30.5 Å². The van der Waals surface area contributed by atoms with Crippen molar-refractivity contribution in [1.82, 2.24) is 20.2 Å². The van der Waals surface area contributed by atoms with Gasteiger partial charge in [0, 0.05) is 18.4 Å². The number of aromatic nitrogens is 2. The second-order valence-electron chi connectivity index (χ2n) is 14.9. The van der Waals surface area contributed by atoms with Gasteiger partial charge in [-0.2, -0.15) is 8.78 Å². The number of amides is 2. The van der Waals surface area contributed by atoms with Gasteiger partial charge in [0.25, 0.3) is 5.92 Å². The van der Waals surface area contributed by atoms with Gasteiger partial charge < -0.3 is 24.4 Å². The largest absolute Gasteiger partial charge is 0.497 e. The highest BCUT2D eigenvalue weighted by Gasteiger charge is 2.51. The SMILES string of the molecule is CC[C@@H]1[C@@H]2CN(C(=O)[C@H](C(C)(C)C)NC(=O)O[C@H]3[C@H](CCCCC(F)(F)c4nc5ccc(OC)cc5nc4O2)CCC[C@H]3C)[C@@H]1C(C)=O. The molecule has 1 saturated heterocycles. The van der Waals surface area contributed by atoms with Crippen molar-refractivity contribution in [2.45, 2.75) is 123 Å². The third-order valence-corrected chi connectivity index (χ3v) is 10.4. The number of nitrogens with one attached hydrogen (secondary N) is 1. The molecule has 1 aromatic heterocycles. The molecule has 2 fully saturated rings. The van der Waals surface area contributed by atoms with E-state index in [2.05, 4.69) is 15.3 Å². The number of halogens is 2. The molecular formula is C36H50F2N4O6. The molecule has 10 nitrogen and oxygen atoms in total. The van der Waals surface area contributed by atoms with E-state index in [9.17, 15) is 14.4 Å². The zero-order valence-corrected chi connectivity index (χ0v) is 29.2. The van der Waals surface area contributed by atoms with Crippen LogP contribution in [0.25, 0.3) is 11.0 Å². The molecule has 3 aliphatic rings. The number of methoxy groups -OCH3 is 1. The third-order valence-electron chi connectivity index (χ3n) is 10.4. The minimum Gasteiger partial charge on any atom is -0.497 e. The Kier molecular flexibility index (Phi) is 10.5. The Morgan fingerprint density at radius 2 is 1.81 bits per heavy atom. The monoisotopic (exact) mass is 672 g/mol. The van der Waals surface area contributed by atoms with Gasteiger partial charge in [-0.15, -0.1) is 0 Å². The molecule has 12 heteroatoms. The van der Waals surface area contributed by atoms with Crippen LogP contribution < -0.4 is 14.8 Å². The first-order valence-corrected chi connectivity index (χ1v) is 17.3. The number of ether oxygens (including phenoxy) is 3. The van der Waals surface area contributed by atoms with Crippen molar-refractivity contribution in [3.05, 3.63) is 23.9 Å². The van der Waals surface area contributed by atoms with Crippen LogP contribution in [-0.4, -0.2) is 70.6 Å². The predicted molar refractivity (Wildman–Crippen MR) is 176 cm³/mol. The molecule has 2 aliphatic heterocycles. The summed E-state index contributed by atoms with van der Waals surface area (Å²) in [6, 6.07) is 2.92. The Labute approximate surface area is 281 Å². The number of alkyl halides is 2. The lowest BCUT2D eigenvalue weighted by atomic mass is 9.77. The van der Waals surface area contributed by atoms with Gasteiger partial charge in [-0.25, -0.2) is 14.8 Å². The molecule has 48 heavy (non-hydrogen) atoms. The van der Waals surface area contributed by atoms with E-state index >= 15 is 8.78 Å². The zero-order valence-electron chi connectivity index (χ0n) is 29.2. The van der Waals surface area contributed by atoms with Gasteiger partial charge in [0.2, 0.25) is 11.8 Å². The number of benzene rings is 1. The van der Waals surface area contributed by atoms with Crippen LogP contribution in [0.5, 0.6) is 11.6 Å². The van der Waals surface area contributed by atoms with E-state index < -0.39 is 65.7 Å². The van der Waals surface area contributed by atoms with E-state index in [1.165, 1.54) is 18.9 Å². The van der Waals surface area contributed by atoms with E-state index in [4.69, 9.17) is 14.2 Å². The van der Waals surface area contributed by atoms with Gasteiger partial charge in [-0.05, 0) is 68.4 Å². The van der Waals surface area contributed by atoms with E-state index in [1.807, 2.05) is 34.6 Å². The Morgan fingerprint density at radius 1 is 1.08 bits per heavy atom. The van der Waals surface area contributed by atoms with E-state index in [-0.39, 0.29) is 42.0 Å². The van der Waals surface area contributed by atoms with E-state index in [0.717, 1.165) is 19.3 Å². The minimum absolute atomic E-state index is 0.0110. The number of alkyl carbamates (subject to hydrolysis) is 1. The van der Waals surface area contributed by atoms with Crippen molar-refractivity contribution in [1.29, 1.82) is 0 Å². The fraction of sp³-hybridized carbons (Fsp3) is 0.694. The molecule has 0 spiro atoms. The zero-order chi connectivity index (χ0) is 35.0. The van der Waals surface area contributed by atoms with Gasteiger partial charge in [0.05, 0.1) is 30.7 Å². The van der Waals surface area contributed by atoms with Crippen molar-refractivity contribution < 1.29 is 37.4 Å². The molecule has 0 unspecified atom stereocenters. The highest BCUT2D eigenvalue weighted by Crippen LogP contribution is 2.42. The number of ketones is 1. The molecule has 7 atom stereocenters. The normalized spacial score (nSPS) is 30.2. The van der Waals surface area contributed by atoms with Crippen molar-refractivity contribution >= 4 is 28.8 Å². The van der Waals surface area contributed by atoms with Gasteiger partial charge >= 0.3 is 6.09 Å². The number of rotatable bonds is 3. The van der Waals surface area contributed by atoms with Crippen LogP contribution >= 0.6 is 0 Å². The number of fused-ring (bicyclic) bond motifs is 5. The Balaban J connectivity index is 1.61. The highest BCUT2D eigenvalue weighted by molar-refractivity contribution is 5.92. The van der Waals surface area contributed by atoms with Crippen LogP contribution in [0.4, 0.5) is 13.6 Å². The third kappa shape index (κ3) is 7.37. The van der Waals surface area contributed by atoms with Gasteiger partial charge in [-0.3, -0.25) is 9.59 Å². The molecule has 1 saturated carbocycles. The quantitative estimate of drug-likeness (QED) is 0.377. The summed E-state index contributed by atoms with van der Waals surface area (Å²) in [5, 5.41) is 2.86. The van der Waals surface area contributed by atoms with Crippen molar-refractivity contribution in [3.63, 3.8) is 0 Å². The lowest BCUT2D eigenvalue weighted by molar-refractivity contribution is -0.141. The van der Waals surface area contributed by atoms with Gasteiger partial charge in [0.1, 0.15) is 24.0 Å². The fourth-order valence-corrected chi connectivity index (χ4v) is 7.82. The van der Waals surface area contributed by atoms with Crippen LogP contribution in [0.3, 0.4) is 0 Å². The summed E-state index contributed by atoms with van der Waals surface area (Å²) < 4.78 is 50.2.